The highest BCUT2D eigenvalue weighted by atomic mass is 35.5. The second-order valence-corrected chi connectivity index (χ2v) is 8.12. The Hall–Kier alpha value is -4.70. The Kier molecular flexibility index (Phi) is 8.37. The Bertz CT molecular complexity index is 1340. The second kappa shape index (κ2) is 11.6. The van der Waals surface area contributed by atoms with Gasteiger partial charge in [-0.15, -0.1) is 0 Å². The van der Waals surface area contributed by atoms with Gasteiger partial charge in [-0.05, 0) is 42.0 Å². The number of nitro groups is 1. The molecule has 3 aromatic carbocycles. The fourth-order valence-corrected chi connectivity index (χ4v) is 3.26. The van der Waals surface area contributed by atoms with Crippen molar-refractivity contribution in [3.8, 4) is 5.75 Å². The highest BCUT2D eigenvalue weighted by Crippen LogP contribution is 2.32. The smallest absolute Gasteiger partial charge is 0.312 e. The van der Waals surface area contributed by atoms with Gasteiger partial charge in [0.15, 0.2) is 0 Å². The van der Waals surface area contributed by atoms with Gasteiger partial charge >= 0.3 is 5.69 Å². The van der Waals surface area contributed by atoms with E-state index in [4.69, 9.17) is 11.6 Å². The minimum atomic E-state index is -0.793. The number of benzene rings is 3. The molecular formula is C25H22ClN5O5. The van der Waals surface area contributed by atoms with E-state index in [1.54, 1.807) is 42.5 Å². The van der Waals surface area contributed by atoms with Crippen LogP contribution in [0.3, 0.4) is 0 Å². The second-order valence-electron chi connectivity index (χ2n) is 7.68. The molecule has 0 saturated carbocycles. The zero-order valence-corrected chi connectivity index (χ0v) is 20.1. The van der Waals surface area contributed by atoms with Crippen LogP contribution >= 0.6 is 11.6 Å². The lowest BCUT2D eigenvalue weighted by atomic mass is 10.1. The number of phenolic OH excluding ortho intramolecular Hbond substituents is 1. The monoisotopic (exact) mass is 507 g/mol. The van der Waals surface area contributed by atoms with Gasteiger partial charge in [0, 0.05) is 42.0 Å². The van der Waals surface area contributed by atoms with Gasteiger partial charge in [-0.3, -0.25) is 19.7 Å². The van der Waals surface area contributed by atoms with Crippen LogP contribution in [0.2, 0.25) is 5.02 Å². The van der Waals surface area contributed by atoms with E-state index < -0.39 is 28.2 Å². The largest absolute Gasteiger partial charge is 0.502 e. The number of nitrogens with zero attached hydrogens (tertiary/aromatic N) is 3. The van der Waals surface area contributed by atoms with Crippen molar-refractivity contribution in [1.29, 1.82) is 0 Å². The highest BCUT2D eigenvalue weighted by Gasteiger charge is 2.18. The molecular weight excluding hydrogens is 486 g/mol. The summed E-state index contributed by atoms with van der Waals surface area (Å²) in [7, 11) is 3.79. The van der Waals surface area contributed by atoms with Gasteiger partial charge < -0.3 is 15.3 Å². The van der Waals surface area contributed by atoms with Crippen LogP contribution in [0.1, 0.15) is 21.5 Å². The lowest BCUT2D eigenvalue weighted by molar-refractivity contribution is -0.385. The van der Waals surface area contributed by atoms with Crippen molar-refractivity contribution in [2.24, 2.45) is 5.10 Å². The van der Waals surface area contributed by atoms with Crippen LogP contribution in [0.25, 0.3) is 6.08 Å². The molecule has 3 rings (SSSR count). The number of amides is 2. The summed E-state index contributed by atoms with van der Waals surface area (Å²) in [4.78, 5) is 37.8. The van der Waals surface area contributed by atoms with E-state index in [1.807, 2.05) is 31.1 Å². The molecule has 0 atom stereocenters. The van der Waals surface area contributed by atoms with Gasteiger partial charge in [0.1, 0.15) is 5.70 Å². The third-order valence-electron chi connectivity index (χ3n) is 4.90. The summed E-state index contributed by atoms with van der Waals surface area (Å²) in [6.07, 6.45) is 2.49. The van der Waals surface area contributed by atoms with E-state index >= 15 is 0 Å². The number of nitro benzene ring substituents is 1. The molecule has 0 aliphatic carbocycles. The molecule has 184 valence electrons. The molecule has 0 unspecified atom stereocenters. The van der Waals surface area contributed by atoms with Crippen molar-refractivity contribution in [3.63, 3.8) is 0 Å². The Balaban J connectivity index is 1.86. The van der Waals surface area contributed by atoms with Crippen molar-refractivity contribution in [3.05, 3.63) is 104 Å². The molecule has 0 aromatic heterocycles. The molecule has 36 heavy (non-hydrogen) atoms. The number of halogens is 1. The Morgan fingerprint density at radius 1 is 1.08 bits per heavy atom. The van der Waals surface area contributed by atoms with Crippen LogP contribution < -0.4 is 15.6 Å². The maximum Gasteiger partial charge on any atom is 0.312 e. The van der Waals surface area contributed by atoms with Gasteiger partial charge in [-0.2, -0.15) is 5.10 Å². The summed E-state index contributed by atoms with van der Waals surface area (Å²) in [5.74, 6) is -1.92. The van der Waals surface area contributed by atoms with Crippen molar-refractivity contribution >= 4 is 47.1 Å². The number of hydrogen-bond acceptors (Lipinski definition) is 7. The van der Waals surface area contributed by atoms with Crippen LogP contribution in [0.4, 0.5) is 11.4 Å². The molecule has 10 nitrogen and oxygen atoms in total. The predicted octanol–water partition coefficient (Wildman–Crippen LogP) is 3.94. The van der Waals surface area contributed by atoms with Crippen molar-refractivity contribution < 1.29 is 19.6 Å². The molecule has 0 fully saturated rings. The molecule has 0 heterocycles. The molecule has 3 N–H and O–H groups in total. The first-order valence-electron chi connectivity index (χ1n) is 10.5. The zero-order valence-electron chi connectivity index (χ0n) is 19.3. The summed E-state index contributed by atoms with van der Waals surface area (Å²) in [6.45, 7) is 0. The lowest BCUT2D eigenvalue weighted by Gasteiger charge is -2.12. The van der Waals surface area contributed by atoms with Crippen LogP contribution in [0, 0.1) is 10.1 Å². The summed E-state index contributed by atoms with van der Waals surface area (Å²) in [5.41, 5.74) is 3.41. The third-order valence-corrected chi connectivity index (χ3v) is 5.12. The van der Waals surface area contributed by atoms with E-state index in [-0.39, 0.29) is 16.3 Å². The third kappa shape index (κ3) is 6.67. The Morgan fingerprint density at radius 2 is 1.75 bits per heavy atom. The number of hydrogen-bond donors (Lipinski definition) is 3. The van der Waals surface area contributed by atoms with Crippen LogP contribution in [0.5, 0.6) is 5.75 Å². The molecule has 0 radical (unpaired) electrons. The predicted molar refractivity (Wildman–Crippen MR) is 138 cm³/mol. The first kappa shape index (κ1) is 25.9. The molecule has 2 amide bonds. The number of phenols is 1. The lowest BCUT2D eigenvalue weighted by Crippen LogP contribution is -2.32. The van der Waals surface area contributed by atoms with Crippen molar-refractivity contribution in [1.82, 2.24) is 10.7 Å². The maximum absolute atomic E-state index is 12.9. The van der Waals surface area contributed by atoms with E-state index in [0.717, 1.165) is 18.0 Å². The number of anilines is 1. The SMILES string of the molecule is CN(C)c1ccc(C=C(NC(=O)c2ccccc2)C(=O)NN=Cc2cc(Cl)cc([N+](=O)[O-])c2O)cc1. The molecule has 0 bridgehead atoms. The Morgan fingerprint density at radius 3 is 2.36 bits per heavy atom. The minimum Gasteiger partial charge on any atom is -0.502 e. The molecule has 0 spiro atoms. The zero-order chi connectivity index (χ0) is 26.2. The molecule has 11 heteroatoms. The molecule has 0 aliphatic heterocycles. The quantitative estimate of drug-likeness (QED) is 0.183. The summed E-state index contributed by atoms with van der Waals surface area (Å²) >= 11 is 5.87. The number of carbonyl (C=O) groups excluding carboxylic acids is 2. The van der Waals surface area contributed by atoms with E-state index in [1.165, 1.54) is 12.1 Å². The molecule has 0 saturated heterocycles. The van der Waals surface area contributed by atoms with Crippen LogP contribution in [-0.4, -0.2) is 42.2 Å². The first-order valence-corrected chi connectivity index (χ1v) is 10.9. The molecule has 0 aliphatic rings. The van der Waals surface area contributed by atoms with Gasteiger partial charge in [-0.1, -0.05) is 41.9 Å². The number of rotatable bonds is 8. The van der Waals surface area contributed by atoms with Crippen LogP contribution in [0.15, 0.2) is 77.5 Å². The number of nitrogens with one attached hydrogen (secondary N) is 2. The summed E-state index contributed by atoms with van der Waals surface area (Å²) < 4.78 is 0. The summed E-state index contributed by atoms with van der Waals surface area (Å²) in [5, 5.41) is 27.5. The topological polar surface area (TPSA) is 137 Å². The highest BCUT2D eigenvalue weighted by molar-refractivity contribution is 6.31. The average Bonchev–Trinajstić information content (AvgIpc) is 2.86. The van der Waals surface area contributed by atoms with Crippen molar-refractivity contribution in [2.75, 3.05) is 19.0 Å². The van der Waals surface area contributed by atoms with Crippen molar-refractivity contribution in [2.45, 2.75) is 0 Å². The van der Waals surface area contributed by atoms with E-state index in [2.05, 4.69) is 15.8 Å². The number of carbonyl (C=O) groups is 2. The average molecular weight is 508 g/mol. The standard InChI is InChI=1S/C25H22ClN5O5/c1-30(2)20-10-8-16(9-11-20)12-21(28-24(33)17-6-4-3-5-7-17)25(34)29-27-15-18-13-19(26)14-22(23(18)32)31(35)36/h3-15,32H,1-2H3,(H,28,33)(H,29,34). The maximum atomic E-state index is 12.9. The molecule has 3 aromatic rings. The van der Waals surface area contributed by atoms with Gasteiger partial charge in [0.2, 0.25) is 5.75 Å². The number of aromatic hydroxyl groups is 1. The Labute approximate surface area is 211 Å². The van der Waals surface area contributed by atoms with Gasteiger partial charge in [0.25, 0.3) is 11.8 Å². The number of hydrazone groups is 1. The minimum absolute atomic E-state index is 0.00385. The van der Waals surface area contributed by atoms with E-state index in [0.29, 0.717) is 11.1 Å². The summed E-state index contributed by atoms with van der Waals surface area (Å²) in [6, 6.07) is 17.9. The first-order chi connectivity index (χ1) is 17.2. The van der Waals surface area contributed by atoms with E-state index in [9.17, 15) is 24.8 Å². The fraction of sp³-hybridized carbons (Fsp3) is 0.0800. The van der Waals surface area contributed by atoms with Gasteiger partial charge in [0.05, 0.1) is 11.1 Å². The fourth-order valence-electron chi connectivity index (χ4n) is 3.04. The van der Waals surface area contributed by atoms with Crippen LogP contribution in [-0.2, 0) is 4.79 Å². The van der Waals surface area contributed by atoms with Gasteiger partial charge in [-0.25, -0.2) is 5.43 Å². The normalized spacial score (nSPS) is 11.2.